The van der Waals surface area contributed by atoms with Crippen LogP contribution in [0, 0.1) is 0 Å². The lowest BCUT2D eigenvalue weighted by atomic mass is 10.0. The van der Waals surface area contributed by atoms with Crippen molar-refractivity contribution in [2.75, 3.05) is 0 Å². The Morgan fingerprint density at radius 2 is 2.23 bits per heavy atom. The van der Waals surface area contributed by atoms with Crippen LogP contribution in [0.2, 0.25) is 0 Å². The van der Waals surface area contributed by atoms with Crippen molar-refractivity contribution in [3.8, 4) is 5.75 Å². The minimum Gasteiger partial charge on any atom is -0.426 e. The maximum atomic E-state index is 11.1. The zero-order chi connectivity index (χ0) is 9.26. The lowest BCUT2D eigenvalue weighted by molar-refractivity contribution is -0.135. The van der Waals surface area contributed by atoms with Gasteiger partial charge in [0.2, 0.25) is 0 Å². The number of para-hydroxylation sites is 1. The minimum atomic E-state index is -0.103. The molecule has 0 unspecified atom stereocenters. The van der Waals surface area contributed by atoms with Gasteiger partial charge in [0.05, 0.1) is 6.42 Å². The van der Waals surface area contributed by atoms with Crippen LogP contribution in [-0.2, 0) is 17.6 Å². The Labute approximate surface area is 77.5 Å². The van der Waals surface area contributed by atoms with Crippen LogP contribution in [0.1, 0.15) is 24.5 Å². The highest BCUT2D eigenvalue weighted by Gasteiger charge is 2.18. The number of fused-ring (bicyclic) bond motifs is 1. The van der Waals surface area contributed by atoms with E-state index in [2.05, 4.69) is 6.92 Å². The number of carbonyl (C=O) groups is 1. The van der Waals surface area contributed by atoms with Gasteiger partial charge in [0, 0.05) is 0 Å². The summed E-state index contributed by atoms with van der Waals surface area (Å²) >= 11 is 0. The van der Waals surface area contributed by atoms with Crippen molar-refractivity contribution in [1.82, 2.24) is 0 Å². The molecule has 2 heteroatoms. The molecule has 0 aliphatic carbocycles. The Kier molecular flexibility index (Phi) is 2.05. The van der Waals surface area contributed by atoms with E-state index >= 15 is 0 Å². The number of rotatable bonds is 1. The van der Waals surface area contributed by atoms with Crippen LogP contribution in [0.25, 0.3) is 0 Å². The molecule has 0 spiro atoms. The van der Waals surface area contributed by atoms with E-state index in [1.54, 1.807) is 0 Å². The summed E-state index contributed by atoms with van der Waals surface area (Å²) in [6.45, 7) is 2.07. The smallest absolute Gasteiger partial charge is 0.311 e. The van der Waals surface area contributed by atoms with E-state index in [1.807, 2.05) is 18.2 Å². The Morgan fingerprint density at radius 3 is 3.00 bits per heavy atom. The van der Waals surface area contributed by atoms with E-state index in [-0.39, 0.29) is 5.97 Å². The van der Waals surface area contributed by atoms with Crippen molar-refractivity contribution in [2.24, 2.45) is 0 Å². The number of hydrogen-bond donors (Lipinski definition) is 0. The molecule has 1 aromatic carbocycles. The molecule has 1 aliphatic rings. The molecule has 0 radical (unpaired) electrons. The highest BCUT2D eigenvalue weighted by Crippen LogP contribution is 2.29. The summed E-state index contributed by atoms with van der Waals surface area (Å²) in [5.74, 6) is 0.703. The highest BCUT2D eigenvalue weighted by molar-refractivity contribution is 5.76. The van der Waals surface area contributed by atoms with Crippen LogP contribution in [0.3, 0.4) is 0 Å². The molecule has 2 nitrogen and oxygen atoms in total. The summed E-state index contributed by atoms with van der Waals surface area (Å²) in [6, 6.07) is 6.06. The number of ether oxygens (including phenoxy) is 1. The number of aryl methyl sites for hydroxylation is 2. The molecule has 0 aromatic heterocycles. The van der Waals surface area contributed by atoms with E-state index < -0.39 is 0 Å². The van der Waals surface area contributed by atoms with Gasteiger partial charge in [0.25, 0.3) is 0 Å². The van der Waals surface area contributed by atoms with E-state index in [4.69, 9.17) is 4.74 Å². The summed E-state index contributed by atoms with van der Waals surface area (Å²) in [4.78, 5) is 11.1. The molecular formula is C11H12O2. The largest absolute Gasteiger partial charge is 0.426 e. The van der Waals surface area contributed by atoms with E-state index in [0.29, 0.717) is 6.42 Å². The SMILES string of the molecule is CCc1cccc2c1OC(=O)CC2. The normalized spacial score (nSPS) is 15.0. The van der Waals surface area contributed by atoms with Crippen molar-refractivity contribution in [3.05, 3.63) is 29.3 Å². The van der Waals surface area contributed by atoms with Crippen molar-refractivity contribution in [2.45, 2.75) is 26.2 Å². The summed E-state index contributed by atoms with van der Waals surface area (Å²) in [6.07, 6.45) is 2.25. The first-order chi connectivity index (χ1) is 6.31. The average Bonchev–Trinajstić information content (AvgIpc) is 2.17. The topological polar surface area (TPSA) is 26.3 Å². The third-order valence-corrected chi connectivity index (χ3v) is 2.37. The third-order valence-electron chi connectivity index (χ3n) is 2.37. The Balaban J connectivity index is 2.46. The predicted octanol–water partition coefficient (Wildman–Crippen LogP) is 2.10. The predicted molar refractivity (Wildman–Crippen MR) is 49.8 cm³/mol. The Hall–Kier alpha value is -1.31. The molecule has 0 bridgehead atoms. The first kappa shape index (κ1) is 8.30. The molecule has 0 saturated heterocycles. The van der Waals surface area contributed by atoms with E-state index in [9.17, 15) is 4.79 Å². The van der Waals surface area contributed by atoms with E-state index in [1.165, 1.54) is 5.56 Å². The fourth-order valence-corrected chi connectivity index (χ4v) is 1.65. The second kappa shape index (κ2) is 3.21. The summed E-state index contributed by atoms with van der Waals surface area (Å²) in [5.41, 5.74) is 2.30. The molecule has 0 N–H and O–H groups in total. The first-order valence-corrected chi connectivity index (χ1v) is 4.62. The van der Waals surface area contributed by atoms with Gasteiger partial charge in [-0.1, -0.05) is 25.1 Å². The second-order valence-electron chi connectivity index (χ2n) is 3.23. The number of benzene rings is 1. The van der Waals surface area contributed by atoms with Crippen LogP contribution < -0.4 is 4.74 Å². The molecule has 13 heavy (non-hydrogen) atoms. The zero-order valence-electron chi connectivity index (χ0n) is 7.67. The van der Waals surface area contributed by atoms with Gasteiger partial charge in [0.15, 0.2) is 0 Å². The Bertz CT molecular complexity index is 328. The van der Waals surface area contributed by atoms with Gasteiger partial charge in [-0.3, -0.25) is 4.79 Å². The van der Waals surface area contributed by atoms with Crippen molar-refractivity contribution < 1.29 is 9.53 Å². The van der Waals surface area contributed by atoms with Gasteiger partial charge < -0.3 is 4.74 Å². The molecule has 1 heterocycles. The molecular weight excluding hydrogens is 164 g/mol. The van der Waals surface area contributed by atoms with Crippen molar-refractivity contribution in [1.29, 1.82) is 0 Å². The Morgan fingerprint density at radius 1 is 1.38 bits per heavy atom. The number of esters is 1. The van der Waals surface area contributed by atoms with Gasteiger partial charge in [-0.25, -0.2) is 0 Å². The maximum absolute atomic E-state index is 11.1. The number of carbonyl (C=O) groups excluding carboxylic acids is 1. The summed E-state index contributed by atoms with van der Waals surface area (Å²) < 4.78 is 5.21. The first-order valence-electron chi connectivity index (χ1n) is 4.62. The maximum Gasteiger partial charge on any atom is 0.311 e. The minimum absolute atomic E-state index is 0.103. The molecule has 1 aliphatic heterocycles. The van der Waals surface area contributed by atoms with Gasteiger partial charge in [-0.15, -0.1) is 0 Å². The molecule has 0 fully saturated rings. The molecule has 0 saturated carbocycles. The van der Waals surface area contributed by atoms with Crippen LogP contribution in [0.4, 0.5) is 0 Å². The zero-order valence-corrected chi connectivity index (χ0v) is 7.67. The van der Waals surface area contributed by atoms with Crippen LogP contribution >= 0.6 is 0 Å². The van der Waals surface area contributed by atoms with E-state index in [0.717, 1.165) is 24.2 Å². The molecule has 1 aromatic rings. The fourth-order valence-electron chi connectivity index (χ4n) is 1.65. The summed E-state index contributed by atoms with van der Waals surface area (Å²) in [7, 11) is 0. The monoisotopic (exact) mass is 176 g/mol. The molecule has 0 atom stereocenters. The van der Waals surface area contributed by atoms with Gasteiger partial charge >= 0.3 is 5.97 Å². The fraction of sp³-hybridized carbons (Fsp3) is 0.364. The third kappa shape index (κ3) is 1.44. The quantitative estimate of drug-likeness (QED) is 0.484. The van der Waals surface area contributed by atoms with Crippen LogP contribution in [-0.4, -0.2) is 5.97 Å². The highest BCUT2D eigenvalue weighted by atomic mass is 16.5. The molecule has 2 rings (SSSR count). The molecule has 0 amide bonds. The number of hydrogen-bond acceptors (Lipinski definition) is 2. The average molecular weight is 176 g/mol. The van der Waals surface area contributed by atoms with Crippen LogP contribution in [0.5, 0.6) is 5.75 Å². The van der Waals surface area contributed by atoms with Crippen LogP contribution in [0.15, 0.2) is 18.2 Å². The van der Waals surface area contributed by atoms with Gasteiger partial charge in [-0.2, -0.15) is 0 Å². The van der Waals surface area contributed by atoms with Gasteiger partial charge in [0.1, 0.15) is 5.75 Å². The van der Waals surface area contributed by atoms with Crippen molar-refractivity contribution in [3.63, 3.8) is 0 Å². The lowest BCUT2D eigenvalue weighted by Crippen LogP contribution is -2.16. The summed E-state index contributed by atoms with van der Waals surface area (Å²) in [5, 5.41) is 0. The lowest BCUT2D eigenvalue weighted by Gasteiger charge is -2.17. The second-order valence-corrected chi connectivity index (χ2v) is 3.23. The van der Waals surface area contributed by atoms with Gasteiger partial charge in [-0.05, 0) is 24.0 Å². The molecule has 68 valence electrons. The van der Waals surface area contributed by atoms with Crippen molar-refractivity contribution >= 4 is 5.97 Å². The standard InChI is InChI=1S/C11H12O2/c1-2-8-4-3-5-9-6-7-10(12)13-11(8)9/h3-5H,2,6-7H2,1H3.